The van der Waals surface area contributed by atoms with Crippen molar-refractivity contribution in [1.82, 2.24) is 15.1 Å². The van der Waals surface area contributed by atoms with Crippen LogP contribution in [0.1, 0.15) is 39.2 Å². The highest BCUT2D eigenvalue weighted by molar-refractivity contribution is 5.80. The third-order valence-electron chi connectivity index (χ3n) is 4.76. The van der Waals surface area contributed by atoms with E-state index in [1.165, 1.54) is 5.56 Å². The molecule has 0 spiro atoms. The molecule has 2 rings (SSSR count). The van der Waals surface area contributed by atoms with E-state index < -0.39 is 5.54 Å². The summed E-state index contributed by atoms with van der Waals surface area (Å²) in [4.78, 5) is 28.2. The van der Waals surface area contributed by atoms with Crippen LogP contribution in [0.3, 0.4) is 0 Å². The maximum absolute atomic E-state index is 12.2. The molecule has 1 saturated heterocycles. The predicted octanol–water partition coefficient (Wildman–Crippen LogP) is 2.58. The Morgan fingerprint density at radius 1 is 1.07 bits per heavy atom. The van der Waals surface area contributed by atoms with Crippen LogP contribution in [0.4, 0.5) is 0 Å². The molecule has 1 aromatic carbocycles. The summed E-state index contributed by atoms with van der Waals surface area (Å²) >= 11 is 0. The number of carbonyl (C=O) groups excluding carboxylic acids is 2. The standard InChI is InChI=1S/C22H33N3O2/c1-19(26)18-22(2,3)23-21(27)11-13-25-16-14-24(15-17-25)12-7-10-20-8-5-4-6-9-20/h4-10H,11-18H2,1-3H3,(H,23,27). The van der Waals surface area contributed by atoms with Gasteiger partial charge in [-0.05, 0) is 26.3 Å². The van der Waals surface area contributed by atoms with Crippen LogP contribution in [0.15, 0.2) is 36.4 Å². The lowest BCUT2D eigenvalue weighted by atomic mass is 9.98. The van der Waals surface area contributed by atoms with Crippen LogP contribution in [0.5, 0.6) is 0 Å². The van der Waals surface area contributed by atoms with E-state index in [0.717, 1.165) is 39.3 Å². The maximum atomic E-state index is 12.2. The van der Waals surface area contributed by atoms with Gasteiger partial charge in [-0.3, -0.25) is 14.5 Å². The largest absolute Gasteiger partial charge is 0.351 e. The monoisotopic (exact) mass is 371 g/mol. The minimum atomic E-state index is -0.466. The van der Waals surface area contributed by atoms with Gasteiger partial charge in [0.1, 0.15) is 5.78 Å². The number of carbonyl (C=O) groups is 2. The predicted molar refractivity (Wildman–Crippen MR) is 110 cm³/mol. The molecule has 148 valence electrons. The van der Waals surface area contributed by atoms with Gasteiger partial charge in [-0.2, -0.15) is 0 Å². The second kappa shape index (κ2) is 10.4. The van der Waals surface area contributed by atoms with Gasteiger partial charge in [0.15, 0.2) is 0 Å². The quantitative estimate of drug-likeness (QED) is 0.725. The van der Waals surface area contributed by atoms with Crippen LogP contribution in [-0.4, -0.2) is 66.3 Å². The van der Waals surface area contributed by atoms with Gasteiger partial charge in [0, 0.05) is 57.6 Å². The van der Waals surface area contributed by atoms with E-state index in [1.54, 1.807) is 6.92 Å². The number of amides is 1. The topological polar surface area (TPSA) is 52.7 Å². The van der Waals surface area contributed by atoms with Gasteiger partial charge in [0.25, 0.3) is 0 Å². The number of Topliss-reactive ketones (excluding diaryl/α,β-unsaturated/α-hetero) is 1. The molecule has 0 radical (unpaired) electrons. The van der Waals surface area contributed by atoms with Crippen molar-refractivity contribution in [2.75, 3.05) is 39.3 Å². The maximum Gasteiger partial charge on any atom is 0.221 e. The lowest BCUT2D eigenvalue weighted by molar-refractivity contribution is -0.124. The zero-order valence-electron chi connectivity index (χ0n) is 16.9. The highest BCUT2D eigenvalue weighted by atomic mass is 16.2. The first-order valence-electron chi connectivity index (χ1n) is 9.81. The average molecular weight is 372 g/mol. The smallest absolute Gasteiger partial charge is 0.221 e. The fraction of sp³-hybridized carbons (Fsp3) is 0.545. The third kappa shape index (κ3) is 8.50. The van der Waals surface area contributed by atoms with E-state index >= 15 is 0 Å². The Balaban J connectivity index is 1.63. The highest BCUT2D eigenvalue weighted by Gasteiger charge is 2.23. The normalized spacial score (nSPS) is 16.6. The summed E-state index contributed by atoms with van der Waals surface area (Å²) in [6.45, 7) is 11.1. The second-order valence-corrected chi connectivity index (χ2v) is 8.02. The minimum absolute atomic E-state index is 0.0227. The van der Waals surface area contributed by atoms with Gasteiger partial charge >= 0.3 is 0 Å². The Morgan fingerprint density at radius 3 is 2.33 bits per heavy atom. The van der Waals surface area contributed by atoms with Gasteiger partial charge in [0.2, 0.25) is 5.91 Å². The lowest BCUT2D eigenvalue weighted by Gasteiger charge is -2.34. The number of ketones is 1. The number of hydrogen-bond acceptors (Lipinski definition) is 4. The van der Waals surface area contributed by atoms with Crippen LogP contribution in [0.25, 0.3) is 6.08 Å². The van der Waals surface area contributed by atoms with Crippen molar-refractivity contribution in [1.29, 1.82) is 0 Å². The third-order valence-corrected chi connectivity index (χ3v) is 4.76. The van der Waals surface area contributed by atoms with Crippen molar-refractivity contribution < 1.29 is 9.59 Å². The Hall–Kier alpha value is -1.98. The molecule has 0 aliphatic carbocycles. The fourth-order valence-corrected chi connectivity index (χ4v) is 3.46. The van der Waals surface area contributed by atoms with Crippen LogP contribution < -0.4 is 5.32 Å². The van der Waals surface area contributed by atoms with Crippen molar-refractivity contribution in [3.8, 4) is 0 Å². The van der Waals surface area contributed by atoms with Gasteiger partial charge in [-0.1, -0.05) is 42.5 Å². The first-order valence-corrected chi connectivity index (χ1v) is 9.81. The van der Waals surface area contributed by atoms with E-state index in [0.29, 0.717) is 12.8 Å². The van der Waals surface area contributed by atoms with Crippen molar-refractivity contribution in [2.45, 2.75) is 39.2 Å². The van der Waals surface area contributed by atoms with Gasteiger partial charge in [-0.15, -0.1) is 0 Å². The Morgan fingerprint density at radius 2 is 1.70 bits per heavy atom. The van der Waals surface area contributed by atoms with E-state index in [1.807, 2.05) is 19.9 Å². The summed E-state index contributed by atoms with van der Waals surface area (Å²) in [5.74, 6) is 0.118. The molecule has 1 fully saturated rings. The first-order chi connectivity index (χ1) is 12.8. The molecule has 5 nitrogen and oxygen atoms in total. The molecule has 0 aromatic heterocycles. The van der Waals surface area contributed by atoms with E-state index in [2.05, 4.69) is 51.5 Å². The number of benzene rings is 1. The van der Waals surface area contributed by atoms with Crippen molar-refractivity contribution in [3.63, 3.8) is 0 Å². The first kappa shape index (κ1) is 21.3. The molecular formula is C22H33N3O2. The molecule has 5 heteroatoms. The summed E-state index contributed by atoms with van der Waals surface area (Å²) < 4.78 is 0. The van der Waals surface area contributed by atoms with Crippen LogP contribution >= 0.6 is 0 Å². The second-order valence-electron chi connectivity index (χ2n) is 8.02. The molecule has 1 aromatic rings. The summed E-state index contributed by atoms with van der Waals surface area (Å²) in [5.41, 5.74) is 0.766. The molecule has 0 saturated carbocycles. The summed E-state index contributed by atoms with van der Waals surface area (Å²) in [6.07, 6.45) is 5.23. The molecule has 1 aliphatic rings. The Bertz CT molecular complexity index is 632. The molecule has 1 amide bonds. The molecule has 0 bridgehead atoms. The van der Waals surface area contributed by atoms with E-state index in [4.69, 9.17) is 0 Å². The van der Waals surface area contributed by atoms with Gasteiger partial charge < -0.3 is 10.2 Å². The van der Waals surface area contributed by atoms with Crippen LogP contribution in [0, 0.1) is 0 Å². The van der Waals surface area contributed by atoms with E-state index in [9.17, 15) is 9.59 Å². The number of rotatable bonds is 9. The Labute approximate surface area is 163 Å². The molecule has 0 atom stereocenters. The average Bonchev–Trinajstić information content (AvgIpc) is 2.60. The minimum Gasteiger partial charge on any atom is -0.351 e. The van der Waals surface area contributed by atoms with Crippen LogP contribution in [0.2, 0.25) is 0 Å². The Kier molecular flexibility index (Phi) is 8.20. The lowest BCUT2D eigenvalue weighted by Crippen LogP contribution is -2.48. The van der Waals surface area contributed by atoms with Crippen molar-refractivity contribution in [2.24, 2.45) is 0 Å². The molecule has 1 heterocycles. The van der Waals surface area contributed by atoms with Crippen molar-refractivity contribution >= 4 is 17.8 Å². The molecule has 0 unspecified atom stereocenters. The SMILES string of the molecule is CC(=O)CC(C)(C)NC(=O)CCN1CCN(CC=Cc2ccccc2)CC1. The number of nitrogens with zero attached hydrogens (tertiary/aromatic N) is 2. The molecular weight excluding hydrogens is 338 g/mol. The number of piperazine rings is 1. The van der Waals surface area contributed by atoms with Crippen molar-refractivity contribution in [3.05, 3.63) is 42.0 Å². The molecule has 1 aliphatic heterocycles. The summed E-state index contributed by atoms with van der Waals surface area (Å²) in [6, 6.07) is 10.3. The van der Waals surface area contributed by atoms with Gasteiger partial charge in [0.05, 0.1) is 0 Å². The zero-order valence-corrected chi connectivity index (χ0v) is 16.9. The number of nitrogens with one attached hydrogen (secondary N) is 1. The van der Waals surface area contributed by atoms with Crippen LogP contribution in [-0.2, 0) is 9.59 Å². The molecule has 27 heavy (non-hydrogen) atoms. The molecule has 1 N–H and O–H groups in total. The fourth-order valence-electron chi connectivity index (χ4n) is 3.46. The highest BCUT2D eigenvalue weighted by Crippen LogP contribution is 2.10. The summed E-state index contributed by atoms with van der Waals surface area (Å²) in [5, 5.41) is 2.97. The zero-order chi connectivity index (χ0) is 19.7. The van der Waals surface area contributed by atoms with Gasteiger partial charge in [-0.25, -0.2) is 0 Å². The summed E-state index contributed by atoms with van der Waals surface area (Å²) in [7, 11) is 0. The van der Waals surface area contributed by atoms with E-state index in [-0.39, 0.29) is 11.7 Å². The number of hydrogen-bond donors (Lipinski definition) is 1.